The molecule has 1 heterocycles. The molecule has 134 valence electrons. The molecular weight excluding hydrogens is 361 g/mol. The molecule has 2 rings (SSSR count). The van der Waals surface area contributed by atoms with Crippen LogP contribution in [0.4, 0.5) is 13.2 Å². The average Bonchev–Trinajstić information content (AvgIpc) is 2.63. The number of alkyl halides is 3. The van der Waals surface area contributed by atoms with E-state index in [0.717, 1.165) is 17.8 Å². The fraction of sp³-hybridized carbons (Fsp3) is 0.158. The number of rotatable bonds is 7. The summed E-state index contributed by atoms with van der Waals surface area (Å²) in [6.45, 7) is 7.42. The van der Waals surface area contributed by atoms with Gasteiger partial charge in [0.2, 0.25) is 0 Å². The van der Waals surface area contributed by atoms with E-state index in [4.69, 9.17) is 4.74 Å². The van der Waals surface area contributed by atoms with E-state index in [1.807, 2.05) is 0 Å². The van der Waals surface area contributed by atoms with Crippen LogP contribution < -0.4 is 4.74 Å². The normalized spacial score (nSPS) is 10.8. The fourth-order valence-electron chi connectivity index (χ4n) is 2.12. The average molecular weight is 376 g/mol. The second-order valence-electron chi connectivity index (χ2n) is 5.07. The number of halogens is 3. The molecule has 1 aromatic carbocycles. The quantitative estimate of drug-likeness (QED) is 0.474. The Balaban J connectivity index is 2.52. The minimum Gasteiger partial charge on any atom is -0.490 e. The van der Waals surface area contributed by atoms with Crippen LogP contribution in [0, 0.1) is 11.3 Å². The van der Waals surface area contributed by atoms with Gasteiger partial charge in [0.05, 0.1) is 16.8 Å². The predicted molar refractivity (Wildman–Crippen MR) is 96.0 cm³/mol. The summed E-state index contributed by atoms with van der Waals surface area (Å²) in [6.07, 6.45) is -1.52. The summed E-state index contributed by atoms with van der Waals surface area (Å²) >= 11 is 1.04. The Kier molecular flexibility index (Phi) is 6.47. The van der Waals surface area contributed by atoms with Crippen molar-refractivity contribution < 1.29 is 17.9 Å². The van der Waals surface area contributed by atoms with Gasteiger partial charge in [0.25, 0.3) is 0 Å². The maximum absolute atomic E-state index is 13.4. The molecule has 0 unspecified atom stereocenters. The smallest absolute Gasteiger partial charge is 0.417 e. The number of hydrogen-bond acceptors (Lipinski definition) is 4. The van der Waals surface area contributed by atoms with Gasteiger partial charge in [-0.15, -0.1) is 18.3 Å². The SMILES string of the molecule is C=CCOc1ccc(-c2cc(C(F)(F)F)c(C#N)c(SCC=C)n2)cc1. The minimum absolute atomic E-state index is 0.0317. The second-order valence-corrected chi connectivity index (χ2v) is 6.08. The first-order valence-corrected chi connectivity index (χ1v) is 8.49. The maximum atomic E-state index is 13.4. The molecule has 0 atom stereocenters. The second kappa shape index (κ2) is 8.59. The molecule has 7 heteroatoms. The molecule has 0 aliphatic rings. The number of thioether (sulfide) groups is 1. The molecule has 0 amide bonds. The van der Waals surface area contributed by atoms with E-state index in [1.165, 1.54) is 0 Å². The summed E-state index contributed by atoms with van der Waals surface area (Å²) in [5.74, 6) is 0.913. The van der Waals surface area contributed by atoms with Gasteiger partial charge in [0, 0.05) is 11.3 Å². The summed E-state index contributed by atoms with van der Waals surface area (Å²) < 4.78 is 45.6. The number of nitriles is 1. The standard InChI is InChI=1S/C19H15F3N2OS/c1-3-9-25-14-7-5-13(6-8-14)17-11-16(19(20,21)22)15(12-23)18(24-17)26-10-4-2/h3-8,11H,1-2,9-10H2. The Bertz CT molecular complexity index is 840. The fourth-order valence-corrected chi connectivity index (χ4v) is 2.86. The molecular formula is C19H15F3N2OS. The molecule has 3 nitrogen and oxygen atoms in total. The molecule has 0 saturated carbocycles. The first-order chi connectivity index (χ1) is 12.4. The number of aromatic nitrogens is 1. The molecule has 0 aliphatic carbocycles. The van der Waals surface area contributed by atoms with Crippen molar-refractivity contribution in [3.63, 3.8) is 0 Å². The van der Waals surface area contributed by atoms with Gasteiger partial charge in [-0.05, 0) is 30.3 Å². The molecule has 26 heavy (non-hydrogen) atoms. The van der Waals surface area contributed by atoms with Crippen molar-refractivity contribution in [3.8, 4) is 23.1 Å². The highest BCUT2D eigenvalue weighted by Gasteiger charge is 2.36. The topological polar surface area (TPSA) is 45.9 Å². The summed E-state index contributed by atoms with van der Waals surface area (Å²) in [5, 5.41) is 9.22. The van der Waals surface area contributed by atoms with Crippen LogP contribution in [0.2, 0.25) is 0 Å². The van der Waals surface area contributed by atoms with Crippen molar-refractivity contribution in [1.82, 2.24) is 4.98 Å². The third-order valence-electron chi connectivity index (χ3n) is 3.26. The monoisotopic (exact) mass is 376 g/mol. The van der Waals surface area contributed by atoms with Crippen molar-refractivity contribution in [1.29, 1.82) is 5.26 Å². The van der Waals surface area contributed by atoms with E-state index in [0.29, 0.717) is 23.7 Å². The van der Waals surface area contributed by atoms with Gasteiger partial charge >= 0.3 is 6.18 Å². The lowest BCUT2D eigenvalue weighted by Crippen LogP contribution is -2.10. The predicted octanol–water partition coefficient (Wildman–Crippen LogP) is 5.48. The third kappa shape index (κ3) is 4.67. The Labute approximate surface area is 153 Å². The molecule has 0 radical (unpaired) electrons. The summed E-state index contributed by atoms with van der Waals surface area (Å²) in [7, 11) is 0. The third-order valence-corrected chi connectivity index (χ3v) is 4.23. The van der Waals surface area contributed by atoms with E-state index in [2.05, 4.69) is 18.1 Å². The lowest BCUT2D eigenvalue weighted by atomic mass is 10.1. The first-order valence-electron chi connectivity index (χ1n) is 7.51. The molecule has 1 aromatic heterocycles. The molecule has 0 spiro atoms. The van der Waals surface area contributed by atoms with E-state index < -0.39 is 17.3 Å². The van der Waals surface area contributed by atoms with Crippen molar-refractivity contribution in [2.75, 3.05) is 12.4 Å². The van der Waals surface area contributed by atoms with Crippen LogP contribution >= 0.6 is 11.8 Å². The molecule has 0 saturated heterocycles. The van der Waals surface area contributed by atoms with Crippen molar-refractivity contribution in [2.24, 2.45) is 0 Å². The Morgan fingerprint density at radius 1 is 1.19 bits per heavy atom. The van der Waals surface area contributed by atoms with E-state index in [9.17, 15) is 18.4 Å². The number of ether oxygens (including phenoxy) is 1. The first kappa shape index (κ1) is 19.6. The molecule has 0 N–H and O–H groups in total. The zero-order chi connectivity index (χ0) is 19.2. The highest BCUT2D eigenvalue weighted by atomic mass is 32.2. The zero-order valence-corrected chi connectivity index (χ0v) is 14.5. The van der Waals surface area contributed by atoms with E-state index in [-0.39, 0.29) is 10.7 Å². The Hall–Kier alpha value is -2.72. The van der Waals surface area contributed by atoms with Crippen LogP contribution in [-0.2, 0) is 6.18 Å². The number of nitrogens with zero attached hydrogens (tertiary/aromatic N) is 2. The van der Waals surface area contributed by atoms with Crippen LogP contribution in [0.1, 0.15) is 11.1 Å². The van der Waals surface area contributed by atoms with Gasteiger partial charge in [-0.1, -0.05) is 18.7 Å². The number of hydrogen-bond donors (Lipinski definition) is 0. The lowest BCUT2D eigenvalue weighted by molar-refractivity contribution is -0.138. The van der Waals surface area contributed by atoms with Crippen LogP contribution in [0.5, 0.6) is 5.75 Å². The highest BCUT2D eigenvalue weighted by molar-refractivity contribution is 7.99. The maximum Gasteiger partial charge on any atom is 0.417 e. The minimum atomic E-state index is -4.65. The highest BCUT2D eigenvalue weighted by Crippen LogP contribution is 2.38. The molecule has 0 fully saturated rings. The van der Waals surface area contributed by atoms with Crippen LogP contribution in [0.15, 0.2) is 60.7 Å². The molecule has 0 aliphatic heterocycles. The zero-order valence-electron chi connectivity index (χ0n) is 13.7. The van der Waals surface area contributed by atoms with Gasteiger partial charge in [-0.2, -0.15) is 18.4 Å². The van der Waals surface area contributed by atoms with Crippen LogP contribution in [0.3, 0.4) is 0 Å². The van der Waals surface area contributed by atoms with Crippen molar-refractivity contribution in [2.45, 2.75) is 11.2 Å². The van der Waals surface area contributed by atoms with Crippen molar-refractivity contribution in [3.05, 3.63) is 66.8 Å². The lowest BCUT2D eigenvalue weighted by Gasteiger charge is -2.14. The van der Waals surface area contributed by atoms with Crippen molar-refractivity contribution >= 4 is 11.8 Å². The largest absolute Gasteiger partial charge is 0.490 e. The van der Waals surface area contributed by atoms with E-state index in [1.54, 1.807) is 42.5 Å². The van der Waals surface area contributed by atoms with Crippen LogP contribution in [-0.4, -0.2) is 17.3 Å². The summed E-state index contributed by atoms with van der Waals surface area (Å²) in [6, 6.07) is 9.05. The van der Waals surface area contributed by atoms with Crippen LogP contribution in [0.25, 0.3) is 11.3 Å². The van der Waals surface area contributed by atoms with Gasteiger partial charge in [0.15, 0.2) is 0 Å². The van der Waals surface area contributed by atoms with Gasteiger partial charge in [0.1, 0.15) is 23.5 Å². The Morgan fingerprint density at radius 3 is 2.42 bits per heavy atom. The number of benzene rings is 1. The van der Waals surface area contributed by atoms with Gasteiger partial charge < -0.3 is 4.74 Å². The van der Waals surface area contributed by atoms with Gasteiger partial charge in [-0.25, -0.2) is 4.98 Å². The number of pyridine rings is 1. The molecule has 2 aromatic rings. The summed E-state index contributed by atoms with van der Waals surface area (Å²) in [4.78, 5) is 4.25. The Morgan fingerprint density at radius 2 is 1.88 bits per heavy atom. The van der Waals surface area contributed by atoms with Gasteiger partial charge in [-0.3, -0.25) is 0 Å². The van der Waals surface area contributed by atoms with E-state index >= 15 is 0 Å². The molecule has 0 bridgehead atoms. The summed E-state index contributed by atoms with van der Waals surface area (Å²) in [5.41, 5.74) is -0.841.